The highest BCUT2D eigenvalue weighted by molar-refractivity contribution is 5.67. The number of nitrogens with one attached hydrogen (secondary N) is 1. The molecule has 0 aromatic rings. The summed E-state index contributed by atoms with van der Waals surface area (Å²) in [7, 11) is 0. The largest absolute Gasteiger partial charge is 0.481 e. The number of hydrogen-bond acceptors (Lipinski definition) is 7. The number of carbonyl (C=O) groups is 4. The van der Waals surface area contributed by atoms with Gasteiger partial charge in [0.2, 0.25) is 0 Å². The highest BCUT2D eigenvalue weighted by atomic mass is 16.4. The molecule has 0 heterocycles. The molecule has 11 heteroatoms. The molecule has 8 N–H and O–H groups in total. The number of aliphatic carboxylic acids is 4. The zero-order chi connectivity index (χ0) is 25.5. The van der Waals surface area contributed by atoms with Crippen molar-refractivity contribution in [3.05, 3.63) is 0 Å². The van der Waals surface area contributed by atoms with Crippen LogP contribution in [0.1, 0.15) is 79.1 Å². The number of aliphatic hydroxyl groups excluding tert-OH is 1. The van der Waals surface area contributed by atoms with Crippen LogP contribution in [0.25, 0.3) is 0 Å². The van der Waals surface area contributed by atoms with E-state index >= 15 is 0 Å². The third-order valence-corrected chi connectivity index (χ3v) is 2.47. The molecule has 0 bridgehead atoms. The molecule has 0 atom stereocenters. The Morgan fingerprint density at radius 3 is 0.968 bits per heavy atom. The fourth-order valence-corrected chi connectivity index (χ4v) is 1.16. The zero-order valence-corrected chi connectivity index (χ0v) is 19.4. The number of aliphatic hydroxyl groups is 1. The summed E-state index contributed by atoms with van der Waals surface area (Å²) in [6.07, 6.45) is 4.09. The first-order valence-corrected chi connectivity index (χ1v) is 10.4. The van der Waals surface area contributed by atoms with Crippen LogP contribution < -0.4 is 11.1 Å². The Labute approximate surface area is 185 Å². The Hall–Kier alpha value is -2.24. The number of nitrogens with two attached hydrogens (primary N) is 1. The van der Waals surface area contributed by atoms with Crippen molar-refractivity contribution in [2.75, 3.05) is 26.2 Å². The van der Waals surface area contributed by atoms with Gasteiger partial charge in [0.05, 0.1) is 6.61 Å². The summed E-state index contributed by atoms with van der Waals surface area (Å²) in [5.74, 6) is -2.84. The van der Waals surface area contributed by atoms with E-state index < -0.39 is 23.9 Å². The van der Waals surface area contributed by atoms with Crippen LogP contribution in [0.15, 0.2) is 0 Å². The van der Waals surface area contributed by atoms with Crippen molar-refractivity contribution in [2.24, 2.45) is 5.73 Å². The topological polar surface area (TPSA) is 207 Å². The zero-order valence-electron chi connectivity index (χ0n) is 19.4. The van der Waals surface area contributed by atoms with E-state index in [2.05, 4.69) is 5.32 Å². The summed E-state index contributed by atoms with van der Waals surface area (Å²) in [5, 5.41) is 42.8. The van der Waals surface area contributed by atoms with E-state index in [9.17, 15) is 19.2 Å². The van der Waals surface area contributed by atoms with Crippen molar-refractivity contribution in [1.29, 1.82) is 0 Å². The fourth-order valence-electron chi connectivity index (χ4n) is 1.16. The van der Waals surface area contributed by atoms with Crippen molar-refractivity contribution in [3.8, 4) is 0 Å². The average molecular weight is 457 g/mol. The molecule has 0 aromatic carbocycles. The first-order chi connectivity index (χ1) is 14.5. The molecule has 0 spiro atoms. The normalized spacial score (nSPS) is 8.45. The smallest absolute Gasteiger partial charge is 0.303 e. The Balaban J connectivity index is -0.0000000910. The van der Waals surface area contributed by atoms with Crippen LogP contribution in [0.3, 0.4) is 0 Å². The van der Waals surface area contributed by atoms with E-state index in [1.54, 1.807) is 0 Å². The number of carboxylic acid groups (broad SMARTS) is 4. The molecular weight excluding hydrogens is 412 g/mol. The molecule has 0 saturated carbocycles. The Kier molecular flexibility index (Phi) is 48.6. The molecule has 31 heavy (non-hydrogen) atoms. The molecule has 0 aliphatic heterocycles. The minimum Gasteiger partial charge on any atom is -0.481 e. The molecule has 11 nitrogen and oxygen atoms in total. The summed E-state index contributed by atoms with van der Waals surface area (Å²) in [6.45, 7) is 9.64. The lowest BCUT2D eigenvalue weighted by molar-refractivity contribution is -0.138. The summed E-state index contributed by atoms with van der Waals surface area (Å²) >= 11 is 0. The van der Waals surface area contributed by atoms with Crippen molar-refractivity contribution >= 4 is 23.9 Å². The molecule has 0 amide bonds. The van der Waals surface area contributed by atoms with Gasteiger partial charge < -0.3 is 36.6 Å². The highest BCUT2D eigenvalue weighted by Gasteiger charge is 1.89. The Morgan fingerprint density at radius 2 is 0.871 bits per heavy atom. The van der Waals surface area contributed by atoms with Crippen LogP contribution in [0.5, 0.6) is 0 Å². The molecule has 0 radical (unpaired) electrons. The lowest BCUT2D eigenvalue weighted by Crippen LogP contribution is -2.24. The minimum atomic E-state index is -0.711. The second-order valence-corrected chi connectivity index (χ2v) is 5.84. The Bertz CT molecular complexity index is 338. The quantitative estimate of drug-likeness (QED) is 0.211. The van der Waals surface area contributed by atoms with Gasteiger partial charge in [-0.2, -0.15) is 0 Å². The van der Waals surface area contributed by atoms with Gasteiger partial charge in [-0.15, -0.1) is 0 Å². The van der Waals surface area contributed by atoms with Gasteiger partial charge >= 0.3 is 23.9 Å². The SMILES string of the molecule is CCCC(=O)O.CCCC(=O)O.CCCC(=O)O.CCCC(=O)O.NCCNCCO. The molecular formula is C20H44N2O9. The second-order valence-electron chi connectivity index (χ2n) is 5.84. The maximum Gasteiger partial charge on any atom is 0.303 e. The first kappa shape index (κ1) is 39.3. The van der Waals surface area contributed by atoms with Gasteiger partial charge in [-0.25, -0.2) is 0 Å². The van der Waals surface area contributed by atoms with Gasteiger partial charge in [0.15, 0.2) is 0 Å². The van der Waals surface area contributed by atoms with E-state index in [0.29, 0.717) is 38.8 Å². The van der Waals surface area contributed by atoms with Crippen molar-refractivity contribution < 1.29 is 44.7 Å². The van der Waals surface area contributed by atoms with Gasteiger partial charge in [-0.05, 0) is 25.7 Å². The van der Waals surface area contributed by atoms with Crippen LogP contribution in [-0.4, -0.2) is 75.7 Å². The van der Waals surface area contributed by atoms with Crippen LogP contribution in [0.4, 0.5) is 0 Å². The average Bonchev–Trinajstić information content (AvgIpc) is 2.64. The maximum atomic E-state index is 9.60. The third kappa shape index (κ3) is 97.3. The van der Waals surface area contributed by atoms with Crippen LogP contribution in [-0.2, 0) is 19.2 Å². The molecule has 0 aliphatic rings. The van der Waals surface area contributed by atoms with Crippen molar-refractivity contribution in [3.63, 3.8) is 0 Å². The van der Waals surface area contributed by atoms with Crippen molar-refractivity contribution in [1.82, 2.24) is 5.32 Å². The summed E-state index contributed by atoms with van der Waals surface area (Å²) < 4.78 is 0. The molecule has 0 saturated heterocycles. The van der Waals surface area contributed by atoms with Gasteiger partial charge in [0, 0.05) is 45.3 Å². The van der Waals surface area contributed by atoms with Crippen molar-refractivity contribution in [2.45, 2.75) is 79.1 Å². The third-order valence-electron chi connectivity index (χ3n) is 2.47. The molecule has 0 unspecified atom stereocenters. The second kappa shape index (κ2) is 38.4. The van der Waals surface area contributed by atoms with Gasteiger partial charge in [-0.3, -0.25) is 19.2 Å². The summed E-state index contributed by atoms with van der Waals surface area (Å²) in [5.41, 5.74) is 5.13. The van der Waals surface area contributed by atoms with Crippen LogP contribution >= 0.6 is 0 Å². The van der Waals surface area contributed by atoms with Gasteiger partial charge in [-0.1, -0.05) is 27.7 Å². The van der Waals surface area contributed by atoms with E-state index in [4.69, 9.17) is 31.3 Å². The molecule has 0 fully saturated rings. The van der Waals surface area contributed by atoms with E-state index in [-0.39, 0.29) is 6.61 Å². The molecule has 0 aromatic heterocycles. The monoisotopic (exact) mass is 456 g/mol. The van der Waals surface area contributed by atoms with E-state index in [1.165, 1.54) is 0 Å². The predicted molar refractivity (Wildman–Crippen MR) is 119 cm³/mol. The maximum absolute atomic E-state index is 9.60. The Morgan fingerprint density at radius 1 is 0.613 bits per heavy atom. The minimum absolute atomic E-state index is 0.194. The number of hydrogen-bond donors (Lipinski definition) is 7. The molecule has 0 rings (SSSR count). The molecule has 188 valence electrons. The fraction of sp³-hybridized carbons (Fsp3) is 0.800. The van der Waals surface area contributed by atoms with Gasteiger partial charge in [0.25, 0.3) is 0 Å². The standard InChI is InChI=1S/C4H12N2O.4C4H8O2/c5-1-2-6-3-4-7;4*1-2-3-4(5)6/h6-7H,1-5H2;4*2-3H2,1H3,(H,5,6). The summed E-state index contributed by atoms with van der Waals surface area (Å²) in [6, 6.07) is 0. The first-order valence-electron chi connectivity index (χ1n) is 10.4. The van der Waals surface area contributed by atoms with Gasteiger partial charge in [0.1, 0.15) is 0 Å². The molecule has 0 aliphatic carbocycles. The highest BCUT2D eigenvalue weighted by Crippen LogP contribution is 1.83. The number of rotatable bonds is 12. The predicted octanol–water partition coefficient (Wildman–Crippen LogP) is 2.01. The summed E-state index contributed by atoms with van der Waals surface area (Å²) in [4.78, 5) is 38.4. The lowest BCUT2D eigenvalue weighted by atomic mass is 10.4. The number of carboxylic acids is 4. The van der Waals surface area contributed by atoms with Crippen LogP contribution in [0.2, 0.25) is 0 Å². The lowest BCUT2D eigenvalue weighted by Gasteiger charge is -1.95. The van der Waals surface area contributed by atoms with Crippen LogP contribution in [0, 0.1) is 0 Å². The van der Waals surface area contributed by atoms with E-state index in [0.717, 1.165) is 32.2 Å². The van der Waals surface area contributed by atoms with E-state index in [1.807, 2.05) is 27.7 Å².